The highest BCUT2D eigenvalue weighted by atomic mass is 79.9. The molecule has 142 valence electrons. The van der Waals surface area contributed by atoms with Gasteiger partial charge in [0.05, 0.1) is 5.56 Å². The number of carbonyl (C=O) groups is 2. The highest BCUT2D eigenvalue weighted by molar-refractivity contribution is 9.10. The molecule has 0 saturated carbocycles. The van der Waals surface area contributed by atoms with Gasteiger partial charge in [0.15, 0.2) is 6.61 Å². The van der Waals surface area contributed by atoms with E-state index in [0.29, 0.717) is 17.2 Å². The molecule has 0 aliphatic rings. The molecule has 2 amide bonds. The van der Waals surface area contributed by atoms with Gasteiger partial charge in [0, 0.05) is 10.2 Å². The van der Waals surface area contributed by atoms with E-state index < -0.39 is 5.91 Å². The van der Waals surface area contributed by atoms with Crippen LogP contribution in [0, 0.1) is 0 Å². The number of para-hydroxylation sites is 1. The first-order valence-electron chi connectivity index (χ1n) is 8.36. The summed E-state index contributed by atoms with van der Waals surface area (Å²) >= 11 is 3.37. The number of carbonyl (C=O) groups excluding carboxylic acids is 2. The maximum absolute atomic E-state index is 12.1. The number of hydrogen-bond acceptors (Lipinski definition) is 4. The number of halogens is 1. The Bertz CT molecular complexity index is 972. The molecule has 0 bridgehead atoms. The van der Waals surface area contributed by atoms with E-state index in [9.17, 15) is 9.59 Å². The lowest BCUT2D eigenvalue weighted by Gasteiger charge is -2.10. The predicted octanol–water partition coefficient (Wildman–Crippen LogP) is 4.36. The maximum Gasteiger partial charge on any atom is 0.262 e. The van der Waals surface area contributed by atoms with Crippen LogP contribution in [-0.4, -0.2) is 18.4 Å². The average molecular weight is 441 g/mol. The lowest BCUT2D eigenvalue weighted by molar-refractivity contribution is -0.118. The van der Waals surface area contributed by atoms with Crippen LogP contribution in [0.4, 0.5) is 5.69 Å². The summed E-state index contributed by atoms with van der Waals surface area (Å²) in [5, 5.41) is 2.72. The summed E-state index contributed by atoms with van der Waals surface area (Å²) in [6.07, 6.45) is 0. The van der Waals surface area contributed by atoms with Crippen LogP contribution in [0.25, 0.3) is 0 Å². The van der Waals surface area contributed by atoms with Crippen LogP contribution < -0.4 is 20.5 Å². The van der Waals surface area contributed by atoms with Crippen molar-refractivity contribution in [3.63, 3.8) is 0 Å². The van der Waals surface area contributed by atoms with Gasteiger partial charge >= 0.3 is 0 Å². The Kier molecular flexibility index (Phi) is 6.29. The Morgan fingerprint density at radius 2 is 1.50 bits per heavy atom. The number of primary amides is 1. The van der Waals surface area contributed by atoms with Crippen molar-refractivity contribution in [2.45, 2.75) is 0 Å². The van der Waals surface area contributed by atoms with Crippen LogP contribution in [0.5, 0.6) is 17.2 Å². The summed E-state index contributed by atoms with van der Waals surface area (Å²) < 4.78 is 12.1. The van der Waals surface area contributed by atoms with Crippen molar-refractivity contribution in [2.75, 3.05) is 11.9 Å². The molecule has 3 aromatic carbocycles. The molecular formula is C21H17BrN2O4. The topological polar surface area (TPSA) is 90.7 Å². The van der Waals surface area contributed by atoms with Crippen LogP contribution in [0.3, 0.4) is 0 Å². The minimum absolute atomic E-state index is 0.227. The SMILES string of the molecule is NC(=O)c1ccccc1OCC(=O)Nc1ccc(Oc2ccc(Br)cc2)cc1. The zero-order valence-electron chi connectivity index (χ0n) is 14.7. The van der Waals surface area contributed by atoms with E-state index in [2.05, 4.69) is 21.2 Å². The number of hydrogen-bond donors (Lipinski definition) is 2. The highest BCUT2D eigenvalue weighted by Crippen LogP contribution is 2.24. The van der Waals surface area contributed by atoms with Crippen LogP contribution >= 0.6 is 15.9 Å². The van der Waals surface area contributed by atoms with Gasteiger partial charge in [-0.15, -0.1) is 0 Å². The predicted molar refractivity (Wildman–Crippen MR) is 110 cm³/mol. The Morgan fingerprint density at radius 1 is 0.893 bits per heavy atom. The number of benzene rings is 3. The molecule has 0 aromatic heterocycles. The van der Waals surface area contributed by atoms with Gasteiger partial charge in [-0.1, -0.05) is 28.1 Å². The van der Waals surface area contributed by atoms with E-state index in [1.807, 2.05) is 24.3 Å². The van der Waals surface area contributed by atoms with Gasteiger partial charge in [0.2, 0.25) is 0 Å². The van der Waals surface area contributed by atoms with Crippen molar-refractivity contribution >= 4 is 33.4 Å². The van der Waals surface area contributed by atoms with Crippen LogP contribution in [0.2, 0.25) is 0 Å². The highest BCUT2D eigenvalue weighted by Gasteiger charge is 2.10. The number of ether oxygens (including phenoxy) is 2. The first kappa shape index (κ1) is 19.4. The molecule has 3 rings (SSSR count). The van der Waals surface area contributed by atoms with Gasteiger partial charge in [-0.3, -0.25) is 9.59 Å². The number of amides is 2. The van der Waals surface area contributed by atoms with E-state index in [-0.39, 0.29) is 23.8 Å². The zero-order valence-corrected chi connectivity index (χ0v) is 16.3. The first-order valence-corrected chi connectivity index (χ1v) is 9.15. The second kappa shape index (κ2) is 9.05. The molecule has 0 fully saturated rings. The molecule has 0 radical (unpaired) electrons. The molecular weight excluding hydrogens is 424 g/mol. The summed E-state index contributed by atoms with van der Waals surface area (Å²) in [5.41, 5.74) is 6.11. The maximum atomic E-state index is 12.1. The molecule has 0 unspecified atom stereocenters. The van der Waals surface area contributed by atoms with Gasteiger partial charge < -0.3 is 20.5 Å². The second-order valence-corrected chi connectivity index (χ2v) is 6.69. The molecule has 28 heavy (non-hydrogen) atoms. The smallest absolute Gasteiger partial charge is 0.262 e. The van der Waals surface area contributed by atoms with Gasteiger partial charge in [0.25, 0.3) is 11.8 Å². The van der Waals surface area contributed by atoms with Crippen molar-refractivity contribution in [1.29, 1.82) is 0 Å². The number of rotatable bonds is 7. The third-order valence-electron chi connectivity index (χ3n) is 3.70. The van der Waals surface area contributed by atoms with E-state index >= 15 is 0 Å². The summed E-state index contributed by atoms with van der Waals surface area (Å²) in [7, 11) is 0. The third-order valence-corrected chi connectivity index (χ3v) is 4.23. The Labute approximate surface area is 170 Å². The number of nitrogens with two attached hydrogens (primary N) is 1. The molecule has 0 atom stereocenters. The van der Waals surface area contributed by atoms with Crippen molar-refractivity contribution in [3.05, 3.63) is 82.8 Å². The molecule has 0 heterocycles. The minimum atomic E-state index is -0.614. The quantitative estimate of drug-likeness (QED) is 0.570. The average Bonchev–Trinajstić information content (AvgIpc) is 2.70. The lowest BCUT2D eigenvalue weighted by atomic mass is 10.2. The fraction of sp³-hybridized carbons (Fsp3) is 0.0476. The molecule has 3 N–H and O–H groups in total. The van der Waals surface area contributed by atoms with Crippen LogP contribution in [0.15, 0.2) is 77.3 Å². The fourth-order valence-electron chi connectivity index (χ4n) is 2.38. The van der Waals surface area contributed by atoms with E-state index in [4.69, 9.17) is 15.2 Å². The molecule has 0 aliphatic carbocycles. The van der Waals surface area contributed by atoms with Crippen molar-refractivity contribution in [2.24, 2.45) is 5.73 Å². The molecule has 7 heteroatoms. The van der Waals surface area contributed by atoms with Crippen LogP contribution in [-0.2, 0) is 4.79 Å². The van der Waals surface area contributed by atoms with Gasteiger partial charge in [-0.05, 0) is 60.7 Å². The molecule has 0 aliphatic heterocycles. The standard InChI is InChI=1S/C21H17BrN2O4/c22-14-5-9-16(10-6-14)28-17-11-7-15(8-12-17)24-20(25)13-27-19-4-2-1-3-18(19)21(23)26/h1-12H,13H2,(H2,23,26)(H,24,25). The van der Waals surface area contributed by atoms with Crippen molar-refractivity contribution < 1.29 is 19.1 Å². The summed E-state index contributed by atoms with van der Waals surface area (Å²) in [5.74, 6) is 0.648. The largest absolute Gasteiger partial charge is 0.483 e. The Balaban J connectivity index is 1.54. The van der Waals surface area contributed by atoms with E-state index in [1.54, 1.807) is 48.5 Å². The zero-order chi connectivity index (χ0) is 19.9. The summed E-state index contributed by atoms with van der Waals surface area (Å²) in [6.45, 7) is -0.249. The monoisotopic (exact) mass is 440 g/mol. The first-order chi connectivity index (χ1) is 13.5. The van der Waals surface area contributed by atoms with Crippen molar-refractivity contribution in [1.82, 2.24) is 0 Å². The lowest BCUT2D eigenvalue weighted by Crippen LogP contribution is -2.21. The normalized spacial score (nSPS) is 10.2. The molecule has 0 spiro atoms. The second-order valence-electron chi connectivity index (χ2n) is 5.78. The fourth-order valence-corrected chi connectivity index (χ4v) is 2.65. The Hall–Kier alpha value is -3.32. The number of anilines is 1. The van der Waals surface area contributed by atoms with E-state index in [0.717, 1.165) is 4.47 Å². The van der Waals surface area contributed by atoms with E-state index in [1.165, 1.54) is 0 Å². The summed E-state index contributed by atoms with van der Waals surface area (Å²) in [4.78, 5) is 23.5. The minimum Gasteiger partial charge on any atom is -0.483 e. The Morgan fingerprint density at radius 3 is 2.14 bits per heavy atom. The van der Waals surface area contributed by atoms with Gasteiger partial charge in [-0.25, -0.2) is 0 Å². The van der Waals surface area contributed by atoms with Crippen LogP contribution in [0.1, 0.15) is 10.4 Å². The van der Waals surface area contributed by atoms with Gasteiger partial charge in [0.1, 0.15) is 17.2 Å². The van der Waals surface area contributed by atoms with Gasteiger partial charge in [-0.2, -0.15) is 0 Å². The van der Waals surface area contributed by atoms with Crippen molar-refractivity contribution in [3.8, 4) is 17.2 Å². The molecule has 3 aromatic rings. The number of nitrogens with one attached hydrogen (secondary N) is 1. The summed E-state index contributed by atoms with van der Waals surface area (Å²) in [6, 6.07) is 20.9. The third kappa shape index (κ3) is 5.34. The molecule has 0 saturated heterocycles. The molecule has 6 nitrogen and oxygen atoms in total.